The first kappa shape index (κ1) is 18.5. The molecule has 0 fully saturated rings. The molecule has 3 aromatic rings. The van der Waals surface area contributed by atoms with Crippen molar-refractivity contribution in [1.29, 1.82) is 0 Å². The maximum absolute atomic E-state index is 12.6. The molecule has 5 nitrogen and oxygen atoms in total. The van der Waals surface area contributed by atoms with Crippen molar-refractivity contribution in [3.8, 4) is 0 Å². The Morgan fingerprint density at radius 2 is 1.63 bits per heavy atom. The molecule has 138 valence electrons. The van der Waals surface area contributed by atoms with Crippen molar-refractivity contribution in [2.45, 2.75) is 12.5 Å². The highest BCUT2D eigenvalue weighted by Gasteiger charge is 2.20. The van der Waals surface area contributed by atoms with Gasteiger partial charge in [0.1, 0.15) is 0 Å². The van der Waals surface area contributed by atoms with Crippen molar-refractivity contribution in [2.75, 3.05) is 13.6 Å². The van der Waals surface area contributed by atoms with Gasteiger partial charge in [-0.05, 0) is 29.7 Å². The predicted molar refractivity (Wildman–Crippen MR) is 103 cm³/mol. The molecule has 1 aromatic heterocycles. The van der Waals surface area contributed by atoms with E-state index in [4.69, 9.17) is 4.42 Å². The number of carbonyl (C=O) groups excluding carboxylic acids is 2. The van der Waals surface area contributed by atoms with Gasteiger partial charge in [0.2, 0.25) is 5.91 Å². The molecule has 0 saturated heterocycles. The quantitative estimate of drug-likeness (QED) is 0.700. The average Bonchev–Trinajstić information content (AvgIpc) is 3.23. The van der Waals surface area contributed by atoms with Crippen LogP contribution < -0.4 is 5.32 Å². The van der Waals surface area contributed by atoms with Gasteiger partial charge in [0, 0.05) is 7.05 Å². The van der Waals surface area contributed by atoms with E-state index in [-0.39, 0.29) is 30.2 Å². The van der Waals surface area contributed by atoms with Gasteiger partial charge in [0.05, 0.1) is 18.8 Å². The molecule has 3 rings (SSSR count). The van der Waals surface area contributed by atoms with Gasteiger partial charge in [0.15, 0.2) is 5.76 Å². The van der Waals surface area contributed by atoms with Crippen LogP contribution in [0, 0.1) is 0 Å². The maximum Gasteiger partial charge on any atom is 0.289 e. The molecule has 2 amide bonds. The van der Waals surface area contributed by atoms with E-state index < -0.39 is 0 Å². The first-order valence-electron chi connectivity index (χ1n) is 8.80. The fourth-order valence-electron chi connectivity index (χ4n) is 2.90. The Bertz CT molecular complexity index is 861. The van der Waals surface area contributed by atoms with Gasteiger partial charge in [0.25, 0.3) is 5.91 Å². The highest BCUT2D eigenvalue weighted by atomic mass is 16.3. The van der Waals surface area contributed by atoms with E-state index in [0.29, 0.717) is 6.42 Å². The van der Waals surface area contributed by atoms with Crippen LogP contribution in [0.25, 0.3) is 0 Å². The topological polar surface area (TPSA) is 62.6 Å². The molecule has 5 heteroatoms. The second-order valence-electron chi connectivity index (χ2n) is 6.36. The van der Waals surface area contributed by atoms with Gasteiger partial charge < -0.3 is 14.6 Å². The Morgan fingerprint density at radius 1 is 0.963 bits per heavy atom. The summed E-state index contributed by atoms with van der Waals surface area (Å²) < 4.78 is 5.10. The second kappa shape index (κ2) is 8.85. The third-order valence-electron chi connectivity index (χ3n) is 4.28. The summed E-state index contributed by atoms with van der Waals surface area (Å²) in [5, 5.41) is 3.05. The molecule has 1 atom stereocenters. The fourth-order valence-corrected chi connectivity index (χ4v) is 2.90. The summed E-state index contributed by atoms with van der Waals surface area (Å²) in [6.07, 6.45) is 2.11. The van der Waals surface area contributed by atoms with Crippen molar-refractivity contribution in [3.05, 3.63) is 95.9 Å². The van der Waals surface area contributed by atoms with Crippen LogP contribution in [0.1, 0.15) is 27.7 Å². The van der Waals surface area contributed by atoms with Gasteiger partial charge in [-0.3, -0.25) is 9.59 Å². The smallest absolute Gasteiger partial charge is 0.289 e. The summed E-state index contributed by atoms with van der Waals surface area (Å²) in [4.78, 5) is 26.2. The number of nitrogens with zero attached hydrogens (tertiary/aromatic N) is 1. The van der Waals surface area contributed by atoms with Crippen molar-refractivity contribution >= 4 is 11.8 Å². The average molecular weight is 362 g/mol. The number of likely N-dealkylation sites (N-methyl/N-ethyl adjacent to an activating group) is 1. The van der Waals surface area contributed by atoms with E-state index in [2.05, 4.69) is 5.32 Å². The van der Waals surface area contributed by atoms with Gasteiger partial charge in [-0.1, -0.05) is 60.7 Å². The number of hydrogen-bond donors (Lipinski definition) is 1. The number of hydrogen-bond acceptors (Lipinski definition) is 3. The third-order valence-corrected chi connectivity index (χ3v) is 4.28. The summed E-state index contributed by atoms with van der Waals surface area (Å²) in [6, 6.07) is 22.9. The highest BCUT2D eigenvalue weighted by Crippen LogP contribution is 2.18. The number of rotatable bonds is 7. The summed E-state index contributed by atoms with van der Waals surface area (Å²) in [5.74, 6) is -0.328. The van der Waals surface area contributed by atoms with E-state index in [1.54, 1.807) is 19.2 Å². The van der Waals surface area contributed by atoms with E-state index in [1.807, 2.05) is 60.7 Å². The van der Waals surface area contributed by atoms with E-state index in [0.717, 1.165) is 11.1 Å². The normalized spacial score (nSPS) is 11.6. The first-order chi connectivity index (χ1) is 13.1. The van der Waals surface area contributed by atoms with Crippen LogP contribution in [-0.2, 0) is 11.2 Å². The highest BCUT2D eigenvalue weighted by molar-refractivity contribution is 5.94. The molecular formula is C22H22N2O3. The van der Waals surface area contributed by atoms with Crippen molar-refractivity contribution in [1.82, 2.24) is 10.2 Å². The number of benzene rings is 2. The summed E-state index contributed by atoms with van der Waals surface area (Å²) >= 11 is 0. The van der Waals surface area contributed by atoms with E-state index >= 15 is 0 Å². The Morgan fingerprint density at radius 3 is 2.26 bits per heavy atom. The molecule has 0 aliphatic heterocycles. The molecule has 0 aliphatic carbocycles. The summed E-state index contributed by atoms with van der Waals surface area (Å²) in [7, 11) is 1.58. The number of amides is 2. The fraction of sp³-hybridized carbons (Fsp3) is 0.182. The van der Waals surface area contributed by atoms with Crippen LogP contribution in [0.3, 0.4) is 0 Å². The van der Waals surface area contributed by atoms with Crippen LogP contribution in [0.15, 0.2) is 83.5 Å². The lowest BCUT2D eigenvalue weighted by molar-refractivity contribution is -0.122. The van der Waals surface area contributed by atoms with Crippen LogP contribution >= 0.6 is 0 Å². The summed E-state index contributed by atoms with van der Waals surface area (Å²) in [6.45, 7) is -0.0440. The Kier molecular flexibility index (Phi) is 6.05. The van der Waals surface area contributed by atoms with Gasteiger partial charge >= 0.3 is 0 Å². The molecule has 0 saturated carbocycles. The third kappa shape index (κ3) is 5.07. The Labute approximate surface area is 158 Å². The Hall–Kier alpha value is -3.34. The van der Waals surface area contributed by atoms with Crippen LogP contribution in [-0.4, -0.2) is 30.3 Å². The van der Waals surface area contributed by atoms with Crippen molar-refractivity contribution < 1.29 is 14.0 Å². The standard InChI is InChI=1S/C22H22N2O3/c1-24(22(26)20-13-8-14-27-20)16-21(25)23-19(18-11-6-3-7-12-18)15-17-9-4-2-5-10-17/h2-14,19H,15-16H2,1H3,(H,23,25). The molecule has 27 heavy (non-hydrogen) atoms. The number of carbonyl (C=O) groups is 2. The second-order valence-corrected chi connectivity index (χ2v) is 6.36. The molecule has 1 N–H and O–H groups in total. The lowest BCUT2D eigenvalue weighted by Gasteiger charge is -2.22. The SMILES string of the molecule is CN(CC(=O)NC(Cc1ccccc1)c1ccccc1)C(=O)c1ccco1. The van der Waals surface area contributed by atoms with E-state index in [1.165, 1.54) is 11.2 Å². The maximum atomic E-state index is 12.6. The molecule has 2 aromatic carbocycles. The number of furan rings is 1. The summed E-state index contributed by atoms with van der Waals surface area (Å²) in [5.41, 5.74) is 2.15. The lowest BCUT2D eigenvalue weighted by Crippen LogP contribution is -2.40. The van der Waals surface area contributed by atoms with Crippen LogP contribution in [0.2, 0.25) is 0 Å². The van der Waals surface area contributed by atoms with Gasteiger partial charge in [-0.15, -0.1) is 0 Å². The van der Waals surface area contributed by atoms with Crippen LogP contribution in [0.5, 0.6) is 0 Å². The molecule has 1 unspecified atom stereocenters. The van der Waals surface area contributed by atoms with Gasteiger partial charge in [-0.2, -0.15) is 0 Å². The minimum absolute atomic E-state index is 0.0440. The van der Waals surface area contributed by atoms with Crippen molar-refractivity contribution in [2.24, 2.45) is 0 Å². The zero-order valence-corrected chi connectivity index (χ0v) is 15.2. The monoisotopic (exact) mass is 362 g/mol. The minimum atomic E-state index is -0.325. The largest absolute Gasteiger partial charge is 0.459 e. The molecule has 0 bridgehead atoms. The van der Waals surface area contributed by atoms with E-state index in [9.17, 15) is 9.59 Å². The molecule has 0 spiro atoms. The first-order valence-corrected chi connectivity index (χ1v) is 8.80. The van der Waals surface area contributed by atoms with Crippen molar-refractivity contribution in [3.63, 3.8) is 0 Å². The molecule has 1 heterocycles. The van der Waals surface area contributed by atoms with Crippen LogP contribution in [0.4, 0.5) is 0 Å². The number of nitrogens with one attached hydrogen (secondary N) is 1. The molecule has 0 radical (unpaired) electrons. The zero-order chi connectivity index (χ0) is 19.1. The zero-order valence-electron chi connectivity index (χ0n) is 15.2. The van der Waals surface area contributed by atoms with Gasteiger partial charge in [-0.25, -0.2) is 0 Å². The lowest BCUT2D eigenvalue weighted by atomic mass is 9.99. The molecular weight excluding hydrogens is 340 g/mol. The minimum Gasteiger partial charge on any atom is -0.459 e. The Balaban J connectivity index is 1.68. The predicted octanol–water partition coefficient (Wildman–Crippen LogP) is 3.45. The molecule has 0 aliphatic rings.